The van der Waals surface area contributed by atoms with Gasteiger partial charge in [-0.15, -0.1) is 0 Å². The number of imidazole rings is 1. The number of benzene rings is 4. The van der Waals surface area contributed by atoms with Gasteiger partial charge in [0, 0.05) is 18.7 Å². The van der Waals surface area contributed by atoms with Gasteiger partial charge in [0.1, 0.15) is 23.7 Å². The van der Waals surface area contributed by atoms with Crippen LogP contribution >= 0.6 is 0 Å². The molecule has 2 fully saturated rings. The van der Waals surface area contributed by atoms with Crippen LogP contribution in [0.2, 0.25) is 0 Å². The van der Waals surface area contributed by atoms with E-state index in [-0.39, 0.29) is 35.9 Å². The van der Waals surface area contributed by atoms with Crippen LogP contribution in [0.4, 0.5) is 9.59 Å². The second kappa shape index (κ2) is 18.1. The summed E-state index contributed by atoms with van der Waals surface area (Å²) in [6, 6.07) is 26.9. The number of likely N-dealkylation sites (tertiary alicyclic amines) is 2. The summed E-state index contributed by atoms with van der Waals surface area (Å²) in [4.78, 5) is 68.8. The maximum Gasteiger partial charge on any atom is 0.407 e. The van der Waals surface area contributed by atoms with Crippen LogP contribution in [0.5, 0.6) is 0 Å². The van der Waals surface area contributed by atoms with Gasteiger partial charge in [0.2, 0.25) is 5.91 Å². The number of nitrogens with one attached hydrogen (secondary N) is 4. The SMILES string of the molecule is COC(=O)NC(C(=O)N1CCC[C@H]1C1=NCC(c2ccc(-c3ccc4cc(-c5cnc([C@@H]6CCCN6C(=O)[C@@H](NC(=O)OC)C(C)C)[nH]5)ccc4c3)cc2)N1)c1ccccc1C. The minimum absolute atomic E-state index is 0.0206. The lowest BCUT2D eigenvalue weighted by molar-refractivity contribution is -0.135. The summed E-state index contributed by atoms with van der Waals surface area (Å²) in [6.45, 7) is 7.48. The molecule has 3 aliphatic heterocycles. The summed E-state index contributed by atoms with van der Waals surface area (Å²) in [5.74, 6) is 1.11. The molecule has 4 heterocycles. The summed E-state index contributed by atoms with van der Waals surface area (Å²) in [5.41, 5.74) is 6.83. The number of aliphatic imine (C=N–C) groups is 1. The van der Waals surface area contributed by atoms with Crippen molar-refractivity contribution in [2.45, 2.75) is 76.7 Å². The number of hydrogen-bond donors (Lipinski definition) is 4. The minimum Gasteiger partial charge on any atom is -0.453 e. The van der Waals surface area contributed by atoms with E-state index in [0.717, 1.165) is 87.2 Å². The maximum atomic E-state index is 14.1. The predicted octanol–water partition coefficient (Wildman–Crippen LogP) is 7.38. The van der Waals surface area contributed by atoms with Crippen LogP contribution in [0.15, 0.2) is 96.1 Å². The first-order valence-corrected chi connectivity index (χ1v) is 21.4. The smallest absolute Gasteiger partial charge is 0.407 e. The summed E-state index contributed by atoms with van der Waals surface area (Å²) in [6.07, 6.45) is 3.80. The van der Waals surface area contributed by atoms with E-state index in [1.54, 1.807) is 0 Å². The van der Waals surface area contributed by atoms with Gasteiger partial charge in [0.25, 0.3) is 5.91 Å². The molecule has 5 aromatic rings. The molecular weight excluding hydrogens is 785 g/mol. The Bertz CT molecular complexity index is 2500. The number of methoxy groups -OCH3 is 2. The molecule has 4 amide bonds. The van der Waals surface area contributed by atoms with Crippen molar-refractivity contribution in [2.75, 3.05) is 33.9 Å². The molecule has 4 N–H and O–H groups in total. The summed E-state index contributed by atoms with van der Waals surface area (Å²) < 4.78 is 9.66. The van der Waals surface area contributed by atoms with Crippen LogP contribution < -0.4 is 16.0 Å². The van der Waals surface area contributed by atoms with Gasteiger partial charge >= 0.3 is 12.2 Å². The van der Waals surface area contributed by atoms with Crippen molar-refractivity contribution in [1.29, 1.82) is 0 Å². The number of amidine groups is 1. The van der Waals surface area contributed by atoms with Crippen LogP contribution in [0, 0.1) is 12.8 Å². The van der Waals surface area contributed by atoms with Crippen molar-refractivity contribution in [2.24, 2.45) is 10.9 Å². The Kier molecular flexibility index (Phi) is 12.3. The summed E-state index contributed by atoms with van der Waals surface area (Å²) in [7, 11) is 2.59. The highest BCUT2D eigenvalue weighted by Crippen LogP contribution is 2.35. The third-order valence-electron chi connectivity index (χ3n) is 12.4. The average molecular weight is 839 g/mol. The third kappa shape index (κ3) is 8.59. The fourth-order valence-electron chi connectivity index (χ4n) is 9.04. The van der Waals surface area contributed by atoms with Crippen molar-refractivity contribution in [3.8, 4) is 22.4 Å². The number of amides is 4. The molecule has 14 nitrogen and oxygen atoms in total. The minimum atomic E-state index is -0.868. The molecule has 62 heavy (non-hydrogen) atoms. The molecule has 0 bridgehead atoms. The number of hydrogen-bond acceptors (Lipinski definition) is 9. The van der Waals surface area contributed by atoms with Crippen LogP contribution in [0.1, 0.15) is 80.2 Å². The molecule has 322 valence electrons. The molecule has 0 spiro atoms. The van der Waals surface area contributed by atoms with E-state index in [1.165, 1.54) is 14.2 Å². The highest BCUT2D eigenvalue weighted by atomic mass is 16.5. The van der Waals surface area contributed by atoms with E-state index >= 15 is 0 Å². The monoisotopic (exact) mass is 838 g/mol. The molecule has 2 unspecified atom stereocenters. The fraction of sp³-hybridized carbons (Fsp3) is 0.375. The van der Waals surface area contributed by atoms with Gasteiger partial charge in [-0.05, 0) is 89.2 Å². The highest BCUT2D eigenvalue weighted by Gasteiger charge is 2.40. The Balaban J connectivity index is 0.915. The van der Waals surface area contributed by atoms with E-state index in [4.69, 9.17) is 19.5 Å². The summed E-state index contributed by atoms with van der Waals surface area (Å²) in [5, 5.41) is 11.3. The molecule has 1 aromatic heterocycles. The quantitative estimate of drug-likeness (QED) is 0.107. The molecule has 2 saturated heterocycles. The zero-order chi connectivity index (χ0) is 43.5. The first-order valence-electron chi connectivity index (χ1n) is 21.4. The maximum absolute atomic E-state index is 14.1. The topological polar surface area (TPSA) is 170 Å². The second-order valence-electron chi connectivity index (χ2n) is 16.7. The van der Waals surface area contributed by atoms with Crippen molar-refractivity contribution < 1.29 is 28.7 Å². The van der Waals surface area contributed by atoms with Crippen LogP contribution in [-0.4, -0.2) is 95.5 Å². The molecule has 0 saturated carbocycles. The number of aryl methyl sites for hydroxylation is 1. The van der Waals surface area contributed by atoms with Gasteiger partial charge in [-0.25, -0.2) is 14.6 Å². The van der Waals surface area contributed by atoms with Gasteiger partial charge in [0.05, 0.1) is 50.8 Å². The average Bonchev–Trinajstić information content (AvgIpc) is 4.14. The second-order valence-corrected chi connectivity index (χ2v) is 16.7. The lowest BCUT2D eigenvalue weighted by Crippen LogP contribution is -2.51. The van der Waals surface area contributed by atoms with Gasteiger partial charge in [-0.2, -0.15) is 0 Å². The summed E-state index contributed by atoms with van der Waals surface area (Å²) >= 11 is 0. The van der Waals surface area contributed by atoms with Crippen molar-refractivity contribution in [3.05, 3.63) is 114 Å². The first kappa shape index (κ1) is 42.0. The lowest BCUT2D eigenvalue weighted by atomic mass is 9.97. The zero-order valence-electron chi connectivity index (χ0n) is 35.8. The van der Waals surface area contributed by atoms with Gasteiger partial charge in [-0.3, -0.25) is 14.6 Å². The third-order valence-corrected chi connectivity index (χ3v) is 12.4. The van der Waals surface area contributed by atoms with Crippen molar-refractivity contribution >= 4 is 40.6 Å². The van der Waals surface area contributed by atoms with Crippen molar-refractivity contribution in [3.63, 3.8) is 0 Å². The lowest BCUT2D eigenvalue weighted by Gasteiger charge is -2.30. The first-order chi connectivity index (χ1) is 30.0. The molecule has 3 aliphatic rings. The van der Waals surface area contributed by atoms with Crippen LogP contribution in [0.3, 0.4) is 0 Å². The number of carbonyl (C=O) groups is 4. The van der Waals surface area contributed by atoms with Gasteiger partial charge < -0.3 is 40.2 Å². The molecule has 8 rings (SSSR count). The van der Waals surface area contributed by atoms with E-state index in [9.17, 15) is 19.2 Å². The highest BCUT2D eigenvalue weighted by molar-refractivity contribution is 5.96. The Morgan fingerprint density at radius 1 is 0.758 bits per heavy atom. The van der Waals surface area contributed by atoms with Crippen molar-refractivity contribution in [1.82, 2.24) is 35.7 Å². The Morgan fingerprint density at radius 3 is 2.08 bits per heavy atom. The number of alkyl carbamates (subject to hydrolysis) is 2. The van der Waals surface area contributed by atoms with Gasteiger partial charge in [-0.1, -0.05) is 86.6 Å². The number of nitrogens with zero attached hydrogens (tertiary/aromatic N) is 4. The molecule has 5 atom stereocenters. The molecule has 14 heteroatoms. The normalized spacial score (nSPS) is 19.5. The number of carbonyl (C=O) groups excluding carboxylic acids is 4. The zero-order valence-corrected chi connectivity index (χ0v) is 35.8. The standard InChI is InChI=1S/C48H54N8O6/c1-28(2)41(53-47(59)61-4)45(57)55-22-8-12-39(55)44-50-27-38(52-44)35-21-20-33-24-32(18-19-34(33)25-35)30-14-16-31(17-15-30)37-26-49-43(51-37)40-13-9-23-56(40)46(58)42(54-48(60)62-5)36-11-7-6-10-29(36)3/h6-7,10-11,14-21,24-25,27-28,37,39-42H,8-9,12-13,22-23,26H2,1-5H3,(H,49,51)(H,50,52)(H,53,59)(H,54,60)/t37?,39-,40-,41-,42?/m0/s1. The molecule has 0 aliphatic carbocycles. The van der Waals surface area contributed by atoms with E-state index in [0.29, 0.717) is 19.6 Å². The number of ether oxygens (including phenoxy) is 2. The van der Waals surface area contributed by atoms with Gasteiger partial charge in [0.15, 0.2) is 0 Å². The Hall–Kier alpha value is -6.70. The largest absolute Gasteiger partial charge is 0.453 e. The number of fused-ring (bicyclic) bond motifs is 1. The number of H-pyrrole nitrogens is 1. The van der Waals surface area contributed by atoms with Crippen LogP contribution in [-0.2, 0) is 19.1 Å². The molecule has 4 aromatic carbocycles. The Labute approximate surface area is 361 Å². The number of aromatic amines is 1. The molecular formula is C48H54N8O6. The van der Waals surface area contributed by atoms with E-state index in [1.807, 2.05) is 61.0 Å². The van der Waals surface area contributed by atoms with Crippen LogP contribution in [0.25, 0.3) is 33.2 Å². The predicted molar refractivity (Wildman–Crippen MR) is 237 cm³/mol. The number of rotatable bonds is 11. The Morgan fingerprint density at radius 2 is 1.39 bits per heavy atom. The number of aromatic nitrogens is 2. The van der Waals surface area contributed by atoms with E-state index < -0.39 is 24.3 Å². The molecule has 0 radical (unpaired) electrons. The van der Waals surface area contributed by atoms with E-state index in [2.05, 4.69) is 81.6 Å². The fourth-order valence-corrected chi connectivity index (χ4v) is 9.04.